The van der Waals surface area contributed by atoms with Crippen molar-refractivity contribution in [3.63, 3.8) is 0 Å². The molecule has 0 aliphatic carbocycles. The minimum atomic E-state index is -0.524. The predicted molar refractivity (Wildman–Crippen MR) is 122 cm³/mol. The molecule has 6 nitrogen and oxygen atoms in total. The minimum Gasteiger partial charge on any atom is -0.452 e. The third-order valence-corrected chi connectivity index (χ3v) is 5.26. The van der Waals surface area contributed by atoms with Gasteiger partial charge in [-0.2, -0.15) is 0 Å². The number of nitrogens with one attached hydrogen (secondary N) is 1. The first-order chi connectivity index (χ1) is 15.1. The fourth-order valence-electron chi connectivity index (χ4n) is 3.73. The van der Waals surface area contributed by atoms with Crippen LogP contribution >= 0.6 is 0 Å². The summed E-state index contributed by atoms with van der Waals surface area (Å²) in [6.07, 6.45) is -0.524. The third-order valence-electron chi connectivity index (χ3n) is 5.26. The van der Waals surface area contributed by atoms with Gasteiger partial charge in [-0.15, -0.1) is 0 Å². The van der Waals surface area contributed by atoms with Crippen LogP contribution in [0.1, 0.15) is 11.3 Å². The Morgan fingerprint density at radius 2 is 1.48 bits per heavy atom. The highest BCUT2D eigenvalue weighted by molar-refractivity contribution is 5.88. The van der Waals surface area contributed by atoms with Gasteiger partial charge in [0.05, 0.1) is 12.8 Å². The van der Waals surface area contributed by atoms with Gasteiger partial charge in [0.2, 0.25) is 0 Å². The summed E-state index contributed by atoms with van der Waals surface area (Å²) in [5.74, 6) is 0. The first-order valence-electron chi connectivity index (χ1n) is 9.97. The molecule has 0 saturated carbocycles. The highest BCUT2D eigenvalue weighted by atomic mass is 16.5. The van der Waals surface area contributed by atoms with E-state index in [1.165, 1.54) is 12.1 Å². The number of benzene rings is 3. The zero-order valence-corrected chi connectivity index (χ0v) is 17.4. The smallest absolute Gasteiger partial charge is 0.428 e. The number of methoxy groups -OCH3 is 1. The molecule has 4 rings (SSSR count). The van der Waals surface area contributed by atoms with E-state index >= 15 is 0 Å². The van der Waals surface area contributed by atoms with Crippen molar-refractivity contribution >= 4 is 22.6 Å². The van der Waals surface area contributed by atoms with Gasteiger partial charge < -0.3 is 4.74 Å². The van der Waals surface area contributed by atoms with Crippen molar-refractivity contribution < 1.29 is 9.53 Å². The quantitative estimate of drug-likeness (QED) is 0.487. The SMILES string of the molecule is COC(=O)N(NCc1c(C)n(-c2ccccc2)c(=O)c2ccccc12)c1ccccc1. The summed E-state index contributed by atoms with van der Waals surface area (Å²) in [6.45, 7) is 2.24. The molecular formula is C25H23N3O3. The van der Waals surface area contributed by atoms with Crippen LogP contribution in [0.2, 0.25) is 0 Å². The molecule has 0 unspecified atom stereocenters. The molecule has 1 N–H and O–H groups in total. The molecular weight excluding hydrogens is 390 g/mol. The van der Waals surface area contributed by atoms with E-state index in [2.05, 4.69) is 5.43 Å². The molecule has 1 aromatic heterocycles. The van der Waals surface area contributed by atoms with Crippen LogP contribution in [0, 0.1) is 6.92 Å². The molecule has 3 aromatic carbocycles. The van der Waals surface area contributed by atoms with E-state index in [-0.39, 0.29) is 5.56 Å². The first-order valence-corrected chi connectivity index (χ1v) is 9.97. The molecule has 1 amide bonds. The molecule has 156 valence electrons. The molecule has 0 aliphatic rings. The maximum Gasteiger partial charge on any atom is 0.428 e. The van der Waals surface area contributed by atoms with E-state index in [4.69, 9.17) is 4.74 Å². The molecule has 0 bridgehead atoms. The largest absolute Gasteiger partial charge is 0.452 e. The Morgan fingerprint density at radius 3 is 2.13 bits per heavy atom. The summed E-state index contributed by atoms with van der Waals surface area (Å²) >= 11 is 0. The molecule has 0 aliphatic heterocycles. The zero-order chi connectivity index (χ0) is 21.8. The van der Waals surface area contributed by atoms with Gasteiger partial charge >= 0.3 is 6.09 Å². The standard InChI is InChI=1S/C25H23N3O3/c1-18-23(17-26-28(25(30)31-2)20-13-7-4-8-14-20)21-15-9-10-16-22(21)24(29)27(18)19-11-5-3-6-12-19/h3-16,26H,17H2,1-2H3. The topological polar surface area (TPSA) is 63.6 Å². The number of rotatable bonds is 5. The second-order valence-electron chi connectivity index (χ2n) is 7.06. The fourth-order valence-corrected chi connectivity index (χ4v) is 3.73. The molecule has 1 heterocycles. The summed E-state index contributed by atoms with van der Waals surface area (Å²) in [4.78, 5) is 25.7. The van der Waals surface area contributed by atoms with E-state index in [9.17, 15) is 9.59 Å². The molecule has 4 aromatic rings. The van der Waals surface area contributed by atoms with Crippen LogP contribution in [0.15, 0.2) is 89.7 Å². The van der Waals surface area contributed by atoms with Crippen molar-refractivity contribution in [3.05, 3.63) is 107 Å². The lowest BCUT2D eigenvalue weighted by molar-refractivity contribution is 0.175. The van der Waals surface area contributed by atoms with Gasteiger partial charge in [-0.25, -0.2) is 15.2 Å². The molecule has 6 heteroatoms. The Bertz CT molecular complexity index is 1270. The van der Waals surface area contributed by atoms with Crippen LogP contribution in [0.25, 0.3) is 16.5 Å². The monoisotopic (exact) mass is 413 g/mol. The van der Waals surface area contributed by atoms with E-state index < -0.39 is 6.09 Å². The number of fused-ring (bicyclic) bond motifs is 1. The van der Waals surface area contributed by atoms with E-state index in [0.29, 0.717) is 17.6 Å². The number of nitrogens with zero attached hydrogens (tertiary/aromatic N) is 2. The van der Waals surface area contributed by atoms with Gasteiger partial charge in [-0.1, -0.05) is 54.6 Å². The van der Waals surface area contributed by atoms with Crippen molar-refractivity contribution in [2.24, 2.45) is 0 Å². The van der Waals surface area contributed by atoms with E-state index in [1.54, 1.807) is 4.57 Å². The number of anilines is 1. The average molecular weight is 413 g/mol. The van der Waals surface area contributed by atoms with Gasteiger partial charge in [-0.3, -0.25) is 9.36 Å². The van der Waals surface area contributed by atoms with E-state index in [0.717, 1.165) is 22.3 Å². The summed E-state index contributed by atoms with van der Waals surface area (Å²) < 4.78 is 6.67. The number of ether oxygens (including phenoxy) is 1. The average Bonchev–Trinajstić information content (AvgIpc) is 2.82. The Morgan fingerprint density at radius 1 is 0.903 bits per heavy atom. The maximum atomic E-state index is 13.3. The number of carbonyl (C=O) groups is 1. The van der Waals surface area contributed by atoms with Gasteiger partial charge in [0, 0.05) is 23.3 Å². The van der Waals surface area contributed by atoms with Crippen LogP contribution in [-0.2, 0) is 11.3 Å². The predicted octanol–water partition coefficient (Wildman–Crippen LogP) is 4.58. The van der Waals surface area contributed by atoms with Gasteiger partial charge in [0.25, 0.3) is 5.56 Å². The normalized spacial score (nSPS) is 10.8. The second-order valence-corrected chi connectivity index (χ2v) is 7.06. The lowest BCUT2D eigenvalue weighted by Gasteiger charge is -2.24. The first kappa shape index (κ1) is 20.4. The summed E-state index contributed by atoms with van der Waals surface area (Å²) in [5.41, 5.74) is 6.29. The zero-order valence-electron chi connectivity index (χ0n) is 17.4. The second kappa shape index (κ2) is 8.85. The number of amides is 1. The van der Waals surface area contributed by atoms with Crippen LogP contribution in [0.5, 0.6) is 0 Å². The number of pyridine rings is 1. The van der Waals surface area contributed by atoms with Crippen molar-refractivity contribution in [3.8, 4) is 5.69 Å². The molecule has 0 atom stereocenters. The Balaban J connectivity index is 1.82. The Hall–Kier alpha value is -3.90. The number of hydrogen-bond donors (Lipinski definition) is 1. The summed E-state index contributed by atoms with van der Waals surface area (Å²) in [6, 6.07) is 26.3. The maximum absolute atomic E-state index is 13.3. The van der Waals surface area contributed by atoms with Gasteiger partial charge in [0.15, 0.2) is 0 Å². The highest BCUT2D eigenvalue weighted by Gasteiger charge is 2.19. The van der Waals surface area contributed by atoms with Gasteiger partial charge in [0.1, 0.15) is 0 Å². The highest BCUT2D eigenvalue weighted by Crippen LogP contribution is 2.22. The van der Waals surface area contributed by atoms with Gasteiger partial charge in [-0.05, 0) is 48.2 Å². The van der Waals surface area contributed by atoms with Crippen LogP contribution < -0.4 is 16.0 Å². The number of aromatic nitrogens is 1. The lowest BCUT2D eigenvalue weighted by atomic mass is 10.0. The van der Waals surface area contributed by atoms with E-state index in [1.807, 2.05) is 91.9 Å². The third kappa shape index (κ3) is 3.93. The van der Waals surface area contributed by atoms with Crippen molar-refractivity contribution in [1.82, 2.24) is 9.99 Å². The lowest BCUT2D eigenvalue weighted by Crippen LogP contribution is -2.43. The van der Waals surface area contributed by atoms with Crippen molar-refractivity contribution in [1.29, 1.82) is 0 Å². The van der Waals surface area contributed by atoms with Crippen LogP contribution in [0.4, 0.5) is 10.5 Å². The number of para-hydroxylation sites is 2. The molecule has 31 heavy (non-hydrogen) atoms. The van der Waals surface area contributed by atoms with Crippen molar-refractivity contribution in [2.45, 2.75) is 13.5 Å². The molecule has 0 saturated heterocycles. The van der Waals surface area contributed by atoms with Crippen LogP contribution in [0.3, 0.4) is 0 Å². The summed E-state index contributed by atoms with van der Waals surface area (Å²) in [7, 11) is 1.34. The molecule has 0 fully saturated rings. The Labute approximate surface area is 180 Å². The molecule has 0 radical (unpaired) electrons. The molecule has 0 spiro atoms. The number of hydrogen-bond acceptors (Lipinski definition) is 4. The van der Waals surface area contributed by atoms with Crippen LogP contribution in [-0.4, -0.2) is 17.8 Å². The minimum absolute atomic E-state index is 0.0732. The number of hydrazine groups is 1. The Kier molecular flexibility index (Phi) is 5.82. The summed E-state index contributed by atoms with van der Waals surface area (Å²) in [5, 5.41) is 2.84. The fraction of sp³-hybridized carbons (Fsp3) is 0.120. The number of carbonyl (C=O) groups excluding carboxylic acids is 1. The van der Waals surface area contributed by atoms with Crippen molar-refractivity contribution in [2.75, 3.05) is 12.1 Å².